The summed E-state index contributed by atoms with van der Waals surface area (Å²) in [5.41, 5.74) is 4.72. The smallest absolute Gasteiger partial charge is 0.240 e. The molecule has 0 saturated heterocycles. The van der Waals surface area contributed by atoms with E-state index >= 15 is 0 Å². The lowest BCUT2D eigenvalue weighted by molar-refractivity contribution is 0.307. The van der Waals surface area contributed by atoms with Crippen LogP contribution in [0.2, 0.25) is 0 Å². The van der Waals surface area contributed by atoms with Gasteiger partial charge in [0.2, 0.25) is 15.9 Å². The maximum atomic E-state index is 12.4. The van der Waals surface area contributed by atoms with E-state index in [9.17, 15) is 8.42 Å². The first-order chi connectivity index (χ1) is 13.3. The third kappa shape index (κ3) is 5.15. The van der Waals surface area contributed by atoms with Crippen LogP contribution in [-0.2, 0) is 10.0 Å². The molecule has 0 saturated carbocycles. The number of hydrogen-bond acceptors (Lipinski definition) is 5. The molecule has 0 aliphatic carbocycles. The van der Waals surface area contributed by atoms with Crippen LogP contribution >= 0.6 is 0 Å². The van der Waals surface area contributed by atoms with Gasteiger partial charge in [-0.25, -0.2) is 13.1 Å². The molecule has 1 heterocycles. The maximum absolute atomic E-state index is 12.4. The molecule has 0 fully saturated rings. The summed E-state index contributed by atoms with van der Waals surface area (Å²) in [4.78, 5) is 0.257. The van der Waals surface area contributed by atoms with Crippen molar-refractivity contribution in [2.45, 2.75) is 25.7 Å². The SMILES string of the molecule is Cc1ccc(-c2ccc(OCCNS(=O)(=O)c3cc(C)cc(C)c3)nn2)cc1. The third-order valence-electron chi connectivity index (χ3n) is 4.14. The molecule has 1 aromatic heterocycles. The van der Waals surface area contributed by atoms with Crippen LogP contribution in [0, 0.1) is 20.8 Å². The van der Waals surface area contributed by atoms with Crippen LogP contribution in [0.25, 0.3) is 11.3 Å². The van der Waals surface area contributed by atoms with Gasteiger partial charge >= 0.3 is 0 Å². The quantitative estimate of drug-likeness (QED) is 0.618. The average Bonchev–Trinajstić information content (AvgIpc) is 2.66. The lowest BCUT2D eigenvalue weighted by Crippen LogP contribution is -2.28. The number of aromatic nitrogens is 2. The van der Waals surface area contributed by atoms with Gasteiger partial charge in [-0.2, -0.15) is 0 Å². The molecule has 0 atom stereocenters. The zero-order valence-corrected chi connectivity index (χ0v) is 17.0. The van der Waals surface area contributed by atoms with Crippen molar-refractivity contribution in [1.82, 2.24) is 14.9 Å². The number of nitrogens with one attached hydrogen (secondary N) is 1. The first-order valence-electron chi connectivity index (χ1n) is 8.95. The molecule has 0 unspecified atom stereocenters. The topological polar surface area (TPSA) is 81.2 Å². The van der Waals surface area contributed by atoms with Crippen molar-refractivity contribution in [3.63, 3.8) is 0 Å². The molecule has 3 aromatic rings. The van der Waals surface area contributed by atoms with Gasteiger partial charge in [0.05, 0.1) is 10.6 Å². The molecule has 0 bridgehead atoms. The van der Waals surface area contributed by atoms with Crippen LogP contribution in [0.5, 0.6) is 5.88 Å². The Bertz CT molecular complexity index is 1030. The highest BCUT2D eigenvalue weighted by Gasteiger charge is 2.14. The van der Waals surface area contributed by atoms with Crippen molar-refractivity contribution < 1.29 is 13.2 Å². The molecule has 6 nitrogen and oxygen atoms in total. The van der Waals surface area contributed by atoms with Gasteiger partial charge in [-0.05, 0) is 50.1 Å². The second-order valence-electron chi connectivity index (χ2n) is 6.69. The Kier molecular flexibility index (Phi) is 6.06. The van der Waals surface area contributed by atoms with E-state index < -0.39 is 10.0 Å². The molecule has 1 N–H and O–H groups in total. The number of ether oxygens (including phenoxy) is 1. The van der Waals surface area contributed by atoms with Gasteiger partial charge < -0.3 is 4.74 Å². The van der Waals surface area contributed by atoms with E-state index in [4.69, 9.17) is 4.74 Å². The highest BCUT2D eigenvalue weighted by atomic mass is 32.2. The van der Waals surface area contributed by atoms with E-state index in [2.05, 4.69) is 14.9 Å². The lowest BCUT2D eigenvalue weighted by atomic mass is 10.1. The monoisotopic (exact) mass is 397 g/mol. The standard InChI is InChI=1S/C21H23N3O3S/c1-15-4-6-18(7-5-15)20-8-9-21(24-23-20)27-11-10-22-28(25,26)19-13-16(2)12-17(3)14-19/h4-9,12-14,22H,10-11H2,1-3H3. The molecular formula is C21H23N3O3S. The number of hydrogen-bond donors (Lipinski definition) is 1. The Hall–Kier alpha value is -2.77. The van der Waals surface area contributed by atoms with E-state index in [1.807, 2.05) is 57.2 Å². The van der Waals surface area contributed by atoms with Crippen molar-refractivity contribution in [3.05, 3.63) is 71.3 Å². The minimum absolute atomic E-state index is 0.136. The van der Waals surface area contributed by atoms with Crippen LogP contribution in [-0.4, -0.2) is 31.8 Å². The molecule has 28 heavy (non-hydrogen) atoms. The fraction of sp³-hybridized carbons (Fsp3) is 0.238. The minimum Gasteiger partial charge on any atom is -0.475 e. The Labute approximate surface area is 165 Å². The normalized spacial score (nSPS) is 11.4. The number of benzene rings is 2. The molecule has 3 rings (SSSR count). The molecule has 146 valence electrons. The van der Waals surface area contributed by atoms with Crippen LogP contribution in [0.4, 0.5) is 0 Å². The molecule has 0 aliphatic rings. The van der Waals surface area contributed by atoms with E-state index in [0.29, 0.717) is 5.88 Å². The first-order valence-corrected chi connectivity index (χ1v) is 10.4. The summed E-state index contributed by atoms with van der Waals surface area (Å²) in [6.45, 7) is 6.06. The van der Waals surface area contributed by atoms with Crippen molar-refractivity contribution >= 4 is 10.0 Å². The van der Waals surface area contributed by atoms with Gasteiger partial charge in [-0.1, -0.05) is 35.9 Å². The van der Waals surface area contributed by atoms with Gasteiger partial charge in [0, 0.05) is 18.2 Å². The van der Waals surface area contributed by atoms with Gasteiger partial charge in [-0.3, -0.25) is 0 Å². The van der Waals surface area contributed by atoms with Crippen LogP contribution in [0.3, 0.4) is 0 Å². The van der Waals surface area contributed by atoms with Crippen molar-refractivity contribution in [2.75, 3.05) is 13.2 Å². The molecule has 2 aromatic carbocycles. The van der Waals surface area contributed by atoms with Gasteiger partial charge in [-0.15, -0.1) is 10.2 Å². The van der Waals surface area contributed by atoms with Gasteiger partial charge in [0.15, 0.2) is 0 Å². The molecule has 0 spiro atoms. The summed E-state index contributed by atoms with van der Waals surface area (Å²) in [5.74, 6) is 0.349. The van der Waals surface area contributed by atoms with Crippen molar-refractivity contribution in [2.24, 2.45) is 0 Å². The largest absolute Gasteiger partial charge is 0.475 e. The van der Waals surface area contributed by atoms with Crippen molar-refractivity contribution in [1.29, 1.82) is 0 Å². The lowest BCUT2D eigenvalue weighted by Gasteiger charge is -2.09. The summed E-state index contributed by atoms with van der Waals surface area (Å²) in [6, 6.07) is 16.8. The van der Waals surface area contributed by atoms with E-state index in [0.717, 1.165) is 22.4 Å². The fourth-order valence-corrected chi connectivity index (χ4v) is 3.98. The number of nitrogens with zero attached hydrogens (tertiary/aromatic N) is 2. The molecule has 7 heteroatoms. The second-order valence-corrected chi connectivity index (χ2v) is 8.46. The van der Waals surface area contributed by atoms with Crippen molar-refractivity contribution in [3.8, 4) is 17.1 Å². The third-order valence-corrected chi connectivity index (χ3v) is 5.58. The second kappa shape index (κ2) is 8.50. The predicted molar refractivity (Wildman–Crippen MR) is 109 cm³/mol. The summed E-state index contributed by atoms with van der Waals surface area (Å²) >= 11 is 0. The van der Waals surface area contributed by atoms with E-state index in [1.165, 1.54) is 5.56 Å². The van der Waals surface area contributed by atoms with Gasteiger partial charge in [0.1, 0.15) is 6.61 Å². The zero-order chi connectivity index (χ0) is 20.1. The molecular weight excluding hydrogens is 374 g/mol. The Morgan fingerprint density at radius 3 is 2.14 bits per heavy atom. The zero-order valence-electron chi connectivity index (χ0n) is 16.1. The highest BCUT2D eigenvalue weighted by molar-refractivity contribution is 7.89. The number of aryl methyl sites for hydroxylation is 3. The molecule has 0 radical (unpaired) electrons. The highest BCUT2D eigenvalue weighted by Crippen LogP contribution is 2.18. The number of sulfonamides is 1. The Balaban J connectivity index is 1.54. The summed E-state index contributed by atoms with van der Waals surface area (Å²) in [7, 11) is -3.57. The summed E-state index contributed by atoms with van der Waals surface area (Å²) in [5, 5.41) is 8.20. The molecule has 0 amide bonds. The Morgan fingerprint density at radius 2 is 1.54 bits per heavy atom. The summed E-state index contributed by atoms with van der Waals surface area (Å²) in [6.07, 6.45) is 0. The van der Waals surface area contributed by atoms with E-state index in [-0.39, 0.29) is 18.0 Å². The number of rotatable bonds is 7. The van der Waals surface area contributed by atoms with E-state index in [1.54, 1.807) is 18.2 Å². The predicted octanol–water partition coefficient (Wildman–Crippen LogP) is 3.43. The maximum Gasteiger partial charge on any atom is 0.240 e. The summed E-state index contributed by atoms with van der Waals surface area (Å²) < 4.78 is 32.8. The average molecular weight is 398 g/mol. The van der Waals surface area contributed by atoms with Crippen LogP contribution < -0.4 is 9.46 Å². The van der Waals surface area contributed by atoms with Gasteiger partial charge in [0.25, 0.3) is 0 Å². The molecule has 0 aliphatic heterocycles. The Morgan fingerprint density at radius 1 is 0.857 bits per heavy atom. The fourth-order valence-electron chi connectivity index (χ4n) is 2.78. The minimum atomic E-state index is -3.57. The first kappa shape index (κ1) is 20.0. The van der Waals surface area contributed by atoms with Crippen LogP contribution in [0.15, 0.2) is 59.5 Å². The van der Waals surface area contributed by atoms with Crippen LogP contribution in [0.1, 0.15) is 16.7 Å².